The van der Waals surface area contributed by atoms with Crippen molar-refractivity contribution in [3.63, 3.8) is 0 Å². The Labute approximate surface area is 175 Å². The molecule has 0 saturated carbocycles. The predicted octanol–water partition coefficient (Wildman–Crippen LogP) is 3.98. The van der Waals surface area contributed by atoms with Gasteiger partial charge in [0.05, 0.1) is 6.54 Å². The molecule has 5 heteroatoms. The topological polar surface area (TPSA) is 58.6 Å². The van der Waals surface area contributed by atoms with Crippen LogP contribution in [0.1, 0.15) is 15.9 Å². The lowest BCUT2D eigenvalue weighted by atomic mass is 10.1. The molecule has 1 aliphatic rings. The maximum atomic E-state index is 12.5. The second kappa shape index (κ2) is 8.66. The number of rotatable bonds is 7. The first-order chi connectivity index (χ1) is 14.6. The van der Waals surface area contributed by atoms with Crippen molar-refractivity contribution in [2.45, 2.75) is 0 Å². The molecule has 3 aromatic carbocycles. The molecule has 4 rings (SSSR count). The van der Waals surface area contributed by atoms with E-state index in [1.165, 1.54) is 4.90 Å². The van der Waals surface area contributed by atoms with Gasteiger partial charge in [-0.15, -0.1) is 0 Å². The van der Waals surface area contributed by atoms with Crippen molar-refractivity contribution in [2.75, 3.05) is 19.7 Å². The lowest BCUT2D eigenvalue weighted by Crippen LogP contribution is -2.38. The summed E-state index contributed by atoms with van der Waals surface area (Å²) in [6.07, 6.45) is 0. The van der Waals surface area contributed by atoms with Crippen molar-refractivity contribution in [3.8, 4) is 16.9 Å². The van der Waals surface area contributed by atoms with Gasteiger partial charge >= 0.3 is 0 Å². The van der Waals surface area contributed by atoms with E-state index in [1.807, 2.05) is 66.7 Å². The number of nitrogens with one attached hydrogen (secondary N) is 1. The summed E-state index contributed by atoms with van der Waals surface area (Å²) in [6.45, 7) is 4.55. The van der Waals surface area contributed by atoms with Gasteiger partial charge < -0.3 is 10.1 Å². The van der Waals surface area contributed by atoms with Crippen LogP contribution >= 0.6 is 0 Å². The van der Waals surface area contributed by atoms with Crippen molar-refractivity contribution in [1.82, 2.24) is 10.2 Å². The molecule has 0 spiro atoms. The fraction of sp³-hybridized carbons (Fsp3) is 0.120. The Morgan fingerprint density at radius 3 is 2.23 bits per heavy atom. The fourth-order valence-electron chi connectivity index (χ4n) is 3.50. The van der Waals surface area contributed by atoms with E-state index >= 15 is 0 Å². The van der Waals surface area contributed by atoms with Crippen LogP contribution in [0, 0.1) is 0 Å². The highest BCUT2D eigenvalue weighted by molar-refractivity contribution is 6.10. The Hall–Kier alpha value is -3.86. The zero-order valence-corrected chi connectivity index (χ0v) is 16.5. The number of nitrogens with zero attached hydrogens (tertiary/aromatic N) is 1. The Balaban J connectivity index is 1.30. The molecule has 1 N–H and O–H groups in total. The van der Waals surface area contributed by atoms with Crippen molar-refractivity contribution in [3.05, 3.63) is 96.6 Å². The second-order valence-electron chi connectivity index (χ2n) is 6.94. The average Bonchev–Trinajstić information content (AvgIpc) is 3.03. The highest BCUT2D eigenvalue weighted by atomic mass is 16.5. The predicted molar refractivity (Wildman–Crippen MR) is 117 cm³/mol. The van der Waals surface area contributed by atoms with E-state index in [-0.39, 0.29) is 18.4 Å². The van der Waals surface area contributed by atoms with Gasteiger partial charge in [-0.1, -0.05) is 73.3 Å². The largest absolute Gasteiger partial charge is 0.491 e. The summed E-state index contributed by atoms with van der Waals surface area (Å²) >= 11 is 0. The van der Waals surface area contributed by atoms with Gasteiger partial charge in [0, 0.05) is 22.4 Å². The fourth-order valence-corrected chi connectivity index (χ4v) is 3.50. The van der Waals surface area contributed by atoms with Crippen LogP contribution in [-0.4, -0.2) is 36.4 Å². The van der Waals surface area contributed by atoms with Gasteiger partial charge in [0.1, 0.15) is 18.9 Å². The van der Waals surface area contributed by atoms with Gasteiger partial charge in [-0.2, -0.15) is 0 Å². The Bertz CT molecular complexity index is 1060. The minimum atomic E-state index is -0.253. The molecule has 0 bridgehead atoms. The van der Waals surface area contributed by atoms with Crippen LogP contribution in [0.3, 0.4) is 0 Å². The molecule has 0 unspecified atom stereocenters. The number of benzene rings is 3. The molecule has 2 amide bonds. The van der Waals surface area contributed by atoms with Gasteiger partial charge in [0.2, 0.25) is 5.91 Å². The van der Waals surface area contributed by atoms with Gasteiger partial charge in [-0.05, 0) is 17.7 Å². The third-order valence-corrected chi connectivity index (χ3v) is 4.99. The highest BCUT2D eigenvalue weighted by Crippen LogP contribution is 2.31. The maximum absolute atomic E-state index is 12.5. The molecular formula is C25H22N2O3. The minimum absolute atomic E-state index is 0.0626. The first-order valence-corrected chi connectivity index (χ1v) is 9.79. The number of fused-ring (bicyclic) bond motifs is 1. The summed E-state index contributed by atoms with van der Waals surface area (Å²) in [4.78, 5) is 26.2. The number of para-hydroxylation sites is 1. The van der Waals surface area contributed by atoms with Crippen LogP contribution < -0.4 is 10.1 Å². The quantitative estimate of drug-likeness (QED) is 0.613. The molecule has 0 saturated heterocycles. The zero-order valence-electron chi connectivity index (χ0n) is 16.5. The van der Waals surface area contributed by atoms with Crippen LogP contribution in [0.5, 0.6) is 5.75 Å². The molecule has 0 radical (unpaired) electrons. The van der Waals surface area contributed by atoms with Gasteiger partial charge in [0.25, 0.3) is 5.91 Å². The molecule has 0 aliphatic carbocycles. The molecule has 0 aromatic heterocycles. The van der Waals surface area contributed by atoms with E-state index in [0.29, 0.717) is 24.4 Å². The summed E-state index contributed by atoms with van der Waals surface area (Å²) < 4.78 is 5.89. The second-order valence-corrected chi connectivity index (χ2v) is 6.94. The summed E-state index contributed by atoms with van der Waals surface area (Å²) in [5.41, 5.74) is 3.98. The van der Waals surface area contributed by atoms with Crippen molar-refractivity contribution < 1.29 is 14.3 Å². The van der Waals surface area contributed by atoms with E-state index in [0.717, 1.165) is 22.4 Å². The number of ether oxygens (including phenoxy) is 1. The maximum Gasteiger partial charge on any atom is 0.259 e. The van der Waals surface area contributed by atoms with E-state index in [9.17, 15) is 9.59 Å². The molecule has 30 heavy (non-hydrogen) atoms. The van der Waals surface area contributed by atoms with Crippen LogP contribution in [0.4, 0.5) is 0 Å². The SMILES string of the molecule is C=C1c2ccccc2C(=O)N1CC(=O)NCCOc1ccccc1-c1ccccc1. The lowest BCUT2D eigenvalue weighted by molar-refractivity contribution is -0.121. The lowest BCUT2D eigenvalue weighted by Gasteiger charge is -2.17. The number of carbonyl (C=O) groups excluding carboxylic acids is 2. The van der Waals surface area contributed by atoms with Crippen molar-refractivity contribution >= 4 is 17.5 Å². The van der Waals surface area contributed by atoms with E-state index in [2.05, 4.69) is 11.9 Å². The molecule has 0 atom stereocenters. The van der Waals surface area contributed by atoms with Gasteiger partial charge in [0.15, 0.2) is 0 Å². The first kappa shape index (κ1) is 19.5. The number of amides is 2. The van der Waals surface area contributed by atoms with Crippen LogP contribution in [-0.2, 0) is 4.79 Å². The van der Waals surface area contributed by atoms with Gasteiger partial charge in [-0.3, -0.25) is 14.5 Å². The van der Waals surface area contributed by atoms with Crippen molar-refractivity contribution in [1.29, 1.82) is 0 Å². The van der Waals surface area contributed by atoms with Crippen LogP contribution in [0.25, 0.3) is 16.8 Å². The Morgan fingerprint density at radius 2 is 1.50 bits per heavy atom. The number of hydrogen-bond acceptors (Lipinski definition) is 3. The summed E-state index contributed by atoms with van der Waals surface area (Å²) in [5.74, 6) is 0.313. The van der Waals surface area contributed by atoms with E-state index in [1.54, 1.807) is 12.1 Å². The average molecular weight is 398 g/mol. The molecule has 1 aliphatic heterocycles. The monoisotopic (exact) mass is 398 g/mol. The van der Waals surface area contributed by atoms with Crippen LogP contribution in [0.15, 0.2) is 85.4 Å². The zero-order chi connectivity index (χ0) is 20.9. The highest BCUT2D eigenvalue weighted by Gasteiger charge is 2.31. The Kier molecular flexibility index (Phi) is 5.61. The summed E-state index contributed by atoms with van der Waals surface area (Å²) in [7, 11) is 0. The number of carbonyl (C=O) groups is 2. The molecular weight excluding hydrogens is 376 g/mol. The molecule has 5 nitrogen and oxygen atoms in total. The molecule has 150 valence electrons. The van der Waals surface area contributed by atoms with Gasteiger partial charge in [-0.25, -0.2) is 0 Å². The van der Waals surface area contributed by atoms with E-state index < -0.39 is 0 Å². The summed E-state index contributed by atoms with van der Waals surface area (Å²) in [6, 6.07) is 25.0. The molecule has 0 fully saturated rings. The first-order valence-electron chi connectivity index (χ1n) is 9.79. The van der Waals surface area contributed by atoms with E-state index in [4.69, 9.17) is 4.74 Å². The molecule has 3 aromatic rings. The van der Waals surface area contributed by atoms with Crippen LogP contribution in [0.2, 0.25) is 0 Å². The number of hydrogen-bond donors (Lipinski definition) is 1. The summed E-state index contributed by atoms with van der Waals surface area (Å²) in [5, 5.41) is 2.81. The third-order valence-electron chi connectivity index (χ3n) is 4.99. The minimum Gasteiger partial charge on any atom is -0.491 e. The molecule has 1 heterocycles. The van der Waals surface area contributed by atoms with Crippen molar-refractivity contribution in [2.24, 2.45) is 0 Å². The Morgan fingerprint density at radius 1 is 0.867 bits per heavy atom. The smallest absolute Gasteiger partial charge is 0.259 e. The third kappa shape index (κ3) is 3.96. The standard InChI is InChI=1S/C25H22N2O3/c1-18-20-11-5-6-13-22(20)25(29)27(18)17-24(28)26-15-16-30-23-14-8-7-12-21(23)19-9-3-2-4-10-19/h2-14H,1,15-17H2,(H,26,28). The normalized spacial score (nSPS) is 12.6.